The Labute approximate surface area is 159 Å². The quantitative estimate of drug-likeness (QED) is 0.552. The topological polar surface area (TPSA) is 59.8 Å². The van der Waals surface area contributed by atoms with Crippen LogP contribution in [0.3, 0.4) is 0 Å². The van der Waals surface area contributed by atoms with Gasteiger partial charge >= 0.3 is 0 Å². The smallest absolute Gasteiger partial charge is 0.226 e. The minimum absolute atomic E-state index is 0.0420. The van der Waals surface area contributed by atoms with Crippen LogP contribution < -0.4 is 5.32 Å². The molecule has 26 heavy (non-hydrogen) atoms. The maximum atomic E-state index is 12.2. The summed E-state index contributed by atoms with van der Waals surface area (Å²) in [5.74, 6) is -0.0420. The SMILES string of the molecule is O=C(Cc1csc(-c2ccsc2)n1)NCc1cnn(-c2ccccc2)c1. The Balaban J connectivity index is 1.32. The molecular weight excluding hydrogens is 364 g/mol. The zero-order valence-corrected chi connectivity index (χ0v) is 15.5. The number of para-hydroxylation sites is 1. The molecule has 0 aliphatic heterocycles. The molecule has 3 heterocycles. The van der Waals surface area contributed by atoms with Crippen LogP contribution in [0.1, 0.15) is 11.3 Å². The van der Waals surface area contributed by atoms with E-state index < -0.39 is 0 Å². The highest BCUT2D eigenvalue weighted by Gasteiger charge is 2.10. The van der Waals surface area contributed by atoms with Crippen LogP contribution in [0.5, 0.6) is 0 Å². The summed E-state index contributed by atoms with van der Waals surface area (Å²) in [6.07, 6.45) is 3.98. The second kappa shape index (κ2) is 7.63. The third kappa shape index (κ3) is 3.89. The number of hydrogen-bond acceptors (Lipinski definition) is 5. The van der Waals surface area contributed by atoms with Gasteiger partial charge in [-0.2, -0.15) is 16.4 Å². The Hall–Kier alpha value is -2.77. The molecule has 4 aromatic rings. The summed E-state index contributed by atoms with van der Waals surface area (Å²) in [6.45, 7) is 0.452. The summed E-state index contributed by atoms with van der Waals surface area (Å²) in [5, 5.41) is 14.3. The van der Waals surface area contributed by atoms with Crippen molar-refractivity contribution in [3.8, 4) is 16.3 Å². The molecule has 0 spiro atoms. The summed E-state index contributed by atoms with van der Waals surface area (Å²) in [7, 11) is 0. The number of nitrogens with zero attached hydrogens (tertiary/aromatic N) is 3. The number of aromatic nitrogens is 3. The standard InChI is InChI=1S/C19H16N4OS2/c24-18(8-16-13-26-19(22-16)15-6-7-25-12-15)20-9-14-10-21-23(11-14)17-4-2-1-3-5-17/h1-7,10-13H,8-9H2,(H,20,24). The van der Waals surface area contributed by atoms with E-state index in [0.717, 1.165) is 27.5 Å². The van der Waals surface area contributed by atoms with E-state index in [0.29, 0.717) is 6.54 Å². The lowest BCUT2D eigenvalue weighted by Crippen LogP contribution is -2.24. The van der Waals surface area contributed by atoms with E-state index in [4.69, 9.17) is 0 Å². The van der Waals surface area contributed by atoms with Gasteiger partial charge in [0.1, 0.15) is 5.01 Å². The zero-order chi connectivity index (χ0) is 17.8. The number of amides is 1. The first-order valence-electron chi connectivity index (χ1n) is 8.10. The largest absolute Gasteiger partial charge is 0.352 e. The molecule has 0 aliphatic carbocycles. The van der Waals surface area contributed by atoms with Crippen molar-refractivity contribution in [2.75, 3.05) is 0 Å². The summed E-state index contributed by atoms with van der Waals surface area (Å²) < 4.78 is 1.80. The molecule has 0 bridgehead atoms. The number of thiazole rings is 1. The van der Waals surface area contributed by atoms with Crippen molar-refractivity contribution in [2.45, 2.75) is 13.0 Å². The third-order valence-corrected chi connectivity index (χ3v) is 5.43. The summed E-state index contributed by atoms with van der Waals surface area (Å²) in [6, 6.07) is 11.9. The van der Waals surface area contributed by atoms with E-state index in [1.165, 1.54) is 0 Å². The molecule has 0 radical (unpaired) electrons. The predicted octanol–water partition coefficient (Wildman–Crippen LogP) is 3.92. The highest BCUT2D eigenvalue weighted by atomic mass is 32.1. The zero-order valence-electron chi connectivity index (χ0n) is 13.8. The molecule has 1 amide bonds. The molecule has 0 fully saturated rings. The summed E-state index contributed by atoms with van der Waals surface area (Å²) in [5.41, 5.74) is 3.86. The second-order valence-electron chi connectivity index (χ2n) is 5.74. The Morgan fingerprint density at radius 1 is 1.15 bits per heavy atom. The van der Waals surface area contributed by atoms with Gasteiger partial charge in [-0.3, -0.25) is 4.79 Å². The molecule has 1 N–H and O–H groups in total. The number of thiophene rings is 1. The number of carbonyl (C=O) groups excluding carboxylic acids is 1. The van der Waals surface area contributed by atoms with Crippen molar-refractivity contribution in [3.05, 3.63) is 76.2 Å². The Morgan fingerprint density at radius 2 is 2.04 bits per heavy atom. The number of carbonyl (C=O) groups is 1. The fourth-order valence-electron chi connectivity index (χ4n) is 2.51. The molecule has 0 atom stereocenters. The minimum atomic E-state index is -0.0420. The highest BCUT2D eigenvalue weighted by molar-refractivity contribution is 7.14. The molecule has 0 saturated heterocycles. The first-order valence-corrected chi connectivity index (χ1v) is 9.93. The molecule has 3 aromatic heterocycles. The van der Waals surface area contributed by atoms with Crippen LogP contribution in [0.25, 0.3) is 16.3 Å². The van der Waals surface area contributed by atoms with Gasteiger partial charge in [-0.15, -0.1) is 11.3 Å². The molecule has 7 heteroatoms. The van der Waals surface area contributed by atoms with Crippen molar-refractivity contribution in [3.63, 3.8) is 0 Å². The average Bonchev–Trinajstić information content (AvgIpc) is 3.41. The molecule has 0 saturated carbocycles. The van der Waals surface area contributed by atoms with Gasteiger partial charge in [0.05, 0.1) is 24.0 Å². The third-order valence-electron chi connectivity index (χ3n) is 3.81. The molecule has 5 nitrogen and oxygen atoms in total. The minimum Gasteiger partial charge on any atom is -0.352 e. The Morgan fingerprint density at radius 3 is 2.85 bits per heavy atom. The number of rotatable bonds is 6. The summed E-state index contributed by atoms with van der Waals surface area (Å²) >= 11 is 3.21. The highest BCUT2D eigenvalue weighted by Crippen LogP contribution is 2.25. The first-order chi connectivity index (χ1) is 12.8. The van der Waals surface area contributed by atoms with Crippen molar-refractivity contribution >= 4 is 28.6 Å². The normalized spacial score (nSPS) is 10.8. The molecule has 0 unspecified atom stereocenters. The van der Waals surface area contributed by atoms with E-state index in [2.05, 4.69) is 20.8 Å². The van der Waals surface area contributed by atoms with Gasteiger partial charge in [0, 0.05) is 34.6 Å². The first kappa shape index (κ1) is 16.7. The van der Waals surface area contributed by atoms with Crippen LogP contribution in [-0.4, -0.2) is 20.7 Å². The van der Waals surface area contributed by atoms with Crippen LogP contribution in [0.4, 0.5) is 0 Å². The van der Waals surface area contributed by atoms with E-state index in [1.807, 2.05) is 53.4 Å². The molecular formula is C19H16N4OS2. The van der Waals surface area contributed by atoms with Crippen LogP contribution in [0.15, 0.2) is 64.9 Å². The van der Waals surface area contributed by atoms with E-state index >= 15 is 0 Å². The van der Waals surface area contributed by atoms with Gasteiger partial charge in [-0.25, -0.2) is 9.67 Å². The Kier molecular flexibility index (Phi) is 4.90. The van der Waals surface area contributed by atoms with Gasteiger partial charge in [-0.1, -0.05) is 18.2 Å². The summed E-state index contributed by atoms with van der Waals surface area (Å²) in [4.78, 5) is 16.7. The maximum absolute atomic E-state index is 12.2. The molecule has 130 valence electrons. The Bertz CT molecular complexity index is 990. The van der Waals surface area contributed by atoms with Gasteiger partial charge in [-0.05, 0) is 23.6 Å². The van der Waals surface area contributed by atoms with Crippen molar-refractivity contribution in [2.24, 2.45) is 0 Å². The van der Waals surface area contributed by atoms with E-state index in [9.17, 15) is 4.79 Å². The average molecular weight is 380 g/mol. The number of hydrogen-bond donors (Lipinski definition) is 1. The van der Waals surface area contributed by atoms with Gasteiger partial charge in [0.15, 0.2) is 0 Å². The van der Waals surface area contributed by atoms with Gasteiger partial charge < -0.3 is 5.32 Å². The van der Waals surface area contributed by atoms with Crippen LogP contribution in [-0.2, 0) is 17.8 Å². The fraction of sp³-hybridized carbons (Fsp3) is 0.105. The molecule has 0 aliphatic rings. The van der Waals surface area contributed by atoms with Gasteiger partial charge in [0.2, 0.25) is 5.91 Å². The van der Waals surface area contributed by atoms with Crippen LogP contribution in [0.2, 0.25) is 0 Å². The van der Waals surface area contributed by atoms with Crippen molar-refractivity contribution in [1.29, 1.82) is 0 Å². The number of nitrogens with one attached hydrogen (secondary N) is 1. The second-order valence-corrected chi connectivity index (χ2v) is 7.38. The van der Waals surface area contributed by atoms with Crippen LogP contribution in [0, 0.1) is 0 Å². The maximum Gasteiger partial charge on any atom is 0.226 e. The molecule has 4 rings (SSSR count). The monoisotopic (exact) mass is 380 g/mol. The van der Waals surface area contributed by atoms with Crippen LogP contribution >= 0.6 is 22.7 Å². The van der Waals surface area contributed by atoms with Crippen molar-refractivity contribution in [1.82, 2.24) is 20.1 Å². The van der Waals surface area contributed by atoms with E-state index in [-0.39, 0.29) is 12.3 Å². The fourth-order valence-corrected chi connectivity index (χ4v) is 4.04. The lowest BCUT2D eigenvalue weighted by Gasteiger charge is -2.02. The lowest BCUT2D eigenvalue weighted by atomic mass is 10.3. The van der Waals surface area contributed by atoms with Crippen molar-refractivity contribution < 1.29 is 4.79 Å². The molecule has 1 aromatic carbocycles. The van der Waals surface area contributed by atoms with Gasteiger partial charge in [0.25, 0.3) is 0 Å². The predicted molar refractivity (Wildman–Crippen MR) is 105 cm³/mol. The lowest BCUT2D eigenvalue weighted by molar-refractivity contribution is -0.120. The number of benzene rings is 1. The van der Waals surface area contributed by atoms with E-state index in [1.54, 1.807) is 33.6 Å².